The van der Waals surface area contributed by atoms with Crippen molar-refractivity contribution in [2.24, 2.45) is 0 Å². The summed E-state index contributed by atoms with van der Waals surface area (Å²) in [5, 5.41) is 4.80. The number of rotatable bonds is 4. The highest BCUT2D eigenvalue weighted by atomic mass is 35.5. The molecule has 0 saturated carbocycles. The second-order valence-electron chi connectivity index (χ2n) is 7.50. The van der Waals surface area contributed by atoms with Gasteiger partial charge >= 0.3 is 6.09 Å². The molecule has 0 aliphatic heterocycles. The number of nitrogens with one attached hydrogen (secondary N) is 2. The molecule has 11 heteroatoms. The molecule has 0 bridgehead atoms. The van der Waals surface area contributed by atoms with Crippen molar-refractivity contribution in [3.05, 3.63) is 43.7 Å². The molecule has 2 N–H and O–H groups in total. The van der Waals surface area contributed by atoms with E-state index in [0.717, 1.165) is 4.57 Å². The van der Waals surface area contributed by atoms with Gasteiger partial charge in [0.1, 0.15) is 5.60 Å². The van der Waals surface area contributed by atoms with Crippen molar-refractivity contribution in [2.75, 3.05) is 12.4 Å². The molecule has 0 aliphatic carbocycles. The third-order valence-electron chi connectivity index (χ3n) is 3.98. The summed E-state index contributed by atoms with van der Waals surface area (Å²) in [4.78, 5) is 45.2. The summed E-state index contributed by atoms with van der Waals surface area (Å²) in [6.45, 7) is 8.41. The van der Waals surface area contributed by atoms with Gasteiger partial charge in [-0.05, 0) is 46.2 Å². The highest BCUT2D eigenvalue weighted by Crippen LogP contribution is 2.25. The molecule has 162 valence electrons. The molecule has 2 aromatic rings. The molecule has 30 heavy (non-hydrogen) atoms. The third kappa shape index (κ3) is 5.48. The molecule has 0 radical (unpaired) electrons. The lowest BCUT2D eigenvalue weighted by Crippen LogP contribution is -2.30. The van der Waals surface area contributed by atoms with Gasteiger partial charge in [0.15, 0.2) is 16.1 Å². The first kappa shape index (κ1) is 23.6. The molecule has 2 aromatic heterocycles. The lowest BCUT2D eigenvalue weighted by Gasteiger charge is -2.21. The van der Waals surface area contributed by atoms with Gasteiger partial charge in [-0.1, -0.05) is 23.2 Å². The third-order valence-corrected chi connectivity index (χ3v) is 4.59. The Kier molecular flexibility index (Phi) is 7.10. The number of carbonyl (C=O) groups is 2. The Balaban J connectivity index is 2.70. The molecule has 2 rings (SSSR count). The van der Waals surface area contributed by atoms with Gasteiger partial charge in [0.2, 0.25) is 5.91 Å². The van der Waals surface area contributed by atoms with Crippen LogP contribution in [0, 0.1) is 13.8 Å². The maximum atomic E-state index is 12.7. The summed E-state index contributed by atoms with van der Waals surface area (Å²) >= 11 is 12.0. The number of ether oxygens (including phenoxy) is 1. The number of anilines is 1. The SMILES string of the molecule is CNC(=O)Cc1cc(NC(=O)OC(C)(C)C)c(-n2c(C)c(Cl)nc(Cl)c2=O)nc1C. The van der Waals surface area contributed by atoms with Crippen LogP contribution in [-0.4, -0.2) is 39.2 Å². The maximum Gasteiger partial charge on any atom is 0.412 e. The van der Waals surface area contributed by atoms with E-state index in [4.69, 9.17) is 27.9 Å². The molecular weight excluding hydrogens is 433 g/mol. The Morgan fingerprint density at radius 3 is 2.37 bits per heavy atom. The van der Waals surface area contributed by atoms with Crippen molar-refractivity contribution in [2.45, 2.75) is 46.6 Å². The van der Waals surface area contributed by atoms with Crippen LogP contribution >= 0.6 is 23.2 Å². The molecule has 0 spiro atoms. The fraction of sp³-hybridized carbons (Fsp3) is 0.421. The zero-order valence-electron chi connectivity index (χ0n) is 17.5. The van der Waals surface area contributed by atoms with Crippen LogP contribution < -0.4 is 16.2 Å². The minimum atomic E-state index is -0.753. The first-order valence-electron chi connectivity index (χ1n) is 9.00. The highest BCUT2D eigenvalue weighted by Gasteiger charge is 2.22. The number of nitrogens with zero attached hydrogens (tertiary/aromatic N) is 3. The second-order valence-corrected chi connectivity index (χ2v) is 8.22. The van der Waals surface area contributed by atoms with E-state index < -0.39 is 17.3 Å². The van der Waals surface area contributed by atoms with E-state index in [9.17, 15) is 14.4 Å². The van der Waals surface area contributed by atoms with Gasteiger partial charge in [-0.25, -0.2) is 14.8 Å². The van der Waals surface area contributed by atoms with Crippen LogP contribution in [0.25, 0.3) is 5.82 Å². The molecular formula is C19H23Cl2N5O4. The van der Waals surface area contributed by atoms with Crippen molar-refractivity contribution in [1.82, 2.24) is 19.9 Å². The summed E-state index contributed by atoms with van der Waals surface area (Å²) in [5.41, 5.74) is 0.0710. The molecule has 0 saturated heterocycles. The molecule has 0 aromatic carbocycles. The Morgan fingerprint density at radius 2 is 1.80 bits per heavy atom. The van der Waals surface area contributed by atoms with Gasteiger partial charge in [0, 0.05) is 12.7 Å². The minimum Gasteiger partial charge on any atom is -0.444 e. The Morgan fingerprint density at radius 1 is 1.17 bits per heavy atom. The normalized spacial score (nSPS) is 11.2. The van der Waals surface area contributed by atoms with Gasteiger partial charge < -0.3 is 10.1 Å². The van der Waals surface area contributed by atoms with Gasteiger partial charge in [-0.2, -0.15) is 0 Å². The second kappa shape index (κ2) is 9.01. The van der Waals surface area contributed by atoms with Crippen LogP contribution in [0.1, 0.15) is 37.7 Å². The topological polar surface area (TPSA) is 115 Å². The highest BCUT2D eigenvalue weighted by molar-refractivity contribution is 6.32. The van der Waals surface area contributed by atoms with Gasteiger partial charge in [-0.3, -0.25) is 19.5 Å². The van der Waals surface area contributed by atoms with E-state index in [1.807, 2.05) is 0 Å². The average Bonchev–Trinajstić information content (AvgIpc) is 2.61. The Hall–Kier alpha value is -2.65. The Bertz CT molecular complexity index is 1060. The van der Waals surface area contributed by atoms with Crippen LogP contribution in [0.15, 0.2) is 10.9 Å². The van der Waals surface area contributed by atoms with E-state index in [-0.39, 0.29) is 39.8 Å². The van der Waals surface area contributed by atoms with Gasteiger partial charge in [0.05, 0.1) is 17.8 Å². The van der Waals surface area contributed by atoms with E-state index in [1.165, 1.54) is 7.05 Å². The number of likely N-dealkylation sites (N-methyl/N-ethyl adjacent to an activating group) is 1. The van der Waals surface area contributed by atoms with Crippen molar-refractivity contribution < 1.29 is 14.3 Å². The molecule has 0 unspecified atom stereocenters. The summed E-state index contributed by atoms with van der Waals surface area (Å²) < 4.78 is 6.46. The fourth-order valence-electron chi connectivity index (χ4n) is 2.56. The van der Waals surface area contributed by atoms with Crippen molar-refractivity contribution in [3.63, 3.8) is 0 Å². The van der Waals surface area contributed by atoms with Crippen molar-refractivity contribution in [1.29, 1.82) is 0 Å². The zero-order chi connectivity index (χ0) is 22.8. The van der Waals surface area contributed by atoms with Crippen LogP contribution in [0.5, 0.6) is 0 Å². The number of carbonyl (C=O) groups excluding carboxylic acids is 2. The van der Waals surface area contributed by atoms with E-state index in [0.29, 0.717) is 11.3 Å². The average molecular weight is 456 g/mol. The molecule has 0 fully saturated rings. The van der Waals surface area contributed by atoms with Crippen LogP contribution in [0.2, 0.25) is 10.3 Å². The largest absolute Gasteiger partial charge is 0.444 e. The molecule has 0 aliphatic rings. The number of pyridine rings is 1. The lowest BCUT2D eigenvalue weighted by atomic mass is 10.1. The number of halogens is 2. The first-order chi connectivity index (χ1) is 13.8. The van der Waals surface area contributed by atoms with Gasteiger partial charge in [0.25, 0.3) is 5.56 Å². The van der Waals surface area contributed by atoms with E-state index >= 15 is 0 Å². The van der Waals surface area contributed by atoms with E-state index in [2.05, 4.69) is 20.6 Å². The smallest absolute Gasteiger partial charge is 0.412 e. The monoisotopic (exact) mass is 455 g/mol. The Labute approximate surface area is 183 Å². The quantitative estimate of drug-likeness (QED) is 0.730. The standard InChI is InChI=1S/C19H23Cl2N5O4/c1-9-11(8-13(27)22-6)7-12(24-18(29)30-19(3,4)5)16(23-9)26-10(2)14(20)25-15(21)17(26)28/h7H,8H2,1-6H3,(H,22,27)(H,24,29). The summed E-state index contributed by atoms with van der Waals surface area (Å²) in [6, 6.07) is 1.56. The summed E-state index contributed by atoms with van der Waals surface area (Å²) in [7, 11) is 1.52. The number of amides is 2. The first-order valence-corrected chi connectivity index (χ1v) is 9.75. The van der Waals surface area contributed by atoms with Crippen LogP contribution in [0.4, 0.5) is 10.5 Å². The molecule has 9 nitrogen and oxygen atoms in total. The molecule has 0 atom stereocenters. The van der Waals surface area contributed by atoms with Crippen molar-refractivity contribution >= 4 is 40.9 Å². The number of hydrogen-bond donors (Lipinski definition) is 2. The van der Waals surface area contributed by atoms with Crippen LogP contribution in [-0.2, 0) is 16.0 Å². The number of aryl methyl sites for hydroxylation is 1. The molecule has 2 heterocycles. The minimum absolute atomic E-state index is 0.0108. The predicted molar refractivity (Wildman–Crippen MR) is 115 cm³/mol. The van der Waals surface area contributed by atoms with E-state index in [1.54, 1.807) is 40.7 Å². The fourth-order valence-corrected chi connectivity index (χ4v) is 2.94. The van der Waals surface area contributed by atoms with Crippen molar-refractivity contribution in [3.8, 4) is 5.82 Å². The lowest BCUT2D eigenvalue weighted by molar-refractivity contribution is -0.119. The van der Waals surface area contributed by atoms with Gasteiger partial charge in [-0.15, -0.1) is 0 Å². The number of hydrogen-bond acceptors (Lipinski definition) is 6. The molecule has 2 amide bonds. The zero-order valence-corrected chi connectivity index (χ0v) is 19.0. The number of aromatic nitrogens is 3. The summed E-state index contributed by atoms with van der Waals surface area (Å²) in [6.07, 6.45) is -0.720. The summed E-state index contributed by atoms with van der Waals surface area (Å²) in [5.74, 6) is -0.160. The van der Waals surface area contributed by atoms with Crippen LogP contribution in [0.3, 0.4) is 0 Å². The maximum absolute atomic E-state index is 12.7. The predicted octanol–water partition coefficient (Wildman–Crippen LogP) is 3.19.